The fourth-order valence-corrected chi connectivity index (χ4v) is 4.06. The molecule has 4 aromatic carbocycles. The molecule has 0 saturated carbocycles. The molecule has 0 aliphatic carbocycles. The third kappa shape index (κ3) is 2.57. The van der Waals surface area contributed by atoms with Gasteiger partial charge in [0.1, 0.15) is 11.5 Å². The fraction of sp³-hybridized carbons (Fsp3) is 0.120. The number of nitrogens with zero attached hydrogens (tertiary/aromatic N) is 1. The van der Waals surface area contributed by atoms with Crippen LogP contribution in [-0.2, 0) is 0 Å². The minimum absolute atomic E-state index is 0.160. The Balaban J connectivity index is 1.78. The SMILES string of the molecule is CN(C)c1ccc(C2c3ccccc3Oc3ccc4ccccc4c32)cc1. The molecule has 4 aromatic rings. The van der Waals surface area contributed by atoms with Gasteiger partial charge in [0.2, 0.25) is 0 Å². The summed E-state index contributed by atoms with van der Waals surface area (Å²) in [6, 6.07) is 30.1. The Morgan fingerprint density at radius 2 is 1.44 bits per heavy atom. The Kier molecular flexibility index (Phi) is 3.64. The van der Waals surface area contributed by atoms with Crippen molar-refractivity contribution in [2.45, 2.75) is 5.92 Å². The molecule has 0 N–H and O–H groups in total. The first-order valence-corrected chi connectivity index (χ1v) is 9.28. The molecule has 0 fully saturated rings. The van der Waals surface area contributed by atoms with Crippen LogP contribution in [0.3, 0.4) is 0 Å². The lowest BCUT2D eigenvalue weighted by Gasteiger charge is -2.30. The summed E-state index contributed by atoms with van der Waals surface area (Å²) in [7, 11) is 4.14. The van der Waals surface area contributed by atoms with Crippen LogP contribution in [0.2, 0.25) is 0 Å². The lowest BCUT2D eigenvalue weighted by molar-refractivity contribution is 0.454. The van der Waals surface area contributed by atoms with E-state index in [2.05, 4.69) is 97.9 Å². The van der Waals surface area contributed by atoms with Crippen molar-refractivity contribution in [3.8, 4) is 11.5 Å². The third-order valence-corrected chi connectivity index (χ3v) is 5.41. The summed E-state index contributed by atoms with van der Waals surface area (Å²) >= 11 is 0. The molecule has 0 saturated heterocycles. The van der Waals surface area contributed by atoms with E-state index in [1.807, 2.05) is 6.07 Å². The van der Waals surface area contributed by atoms with Crippen molar-refractivity contribution >= 4 is 16.5 Å². The second kappa shape index (κ2) is 6.17. The van der Waals surface area contributed by atoms with Crippen LogP contribution in [0.25, 0.3) is 10.8 Å². The van der Waals surface area contributed by atoms with Crippen molar-refractivity contribution in [3.05, 3.63) is 102 Å². The van der Waals surface area contributed by atoms with Crippen molar-refractivity contribution in [3.63, 3.8) is 0 Å². The van der Waals surface area contributed by atoms with Crippen molar-refractivity contribution < 1.29 is 4.74 Å². The van der Waals surface area contributed by atoms with Crippen LogP contribution in [0, 0.1) is 0 Å². The molecule has 1 aliphatic rings. The van der Waals surface area contributed by atoms with Crippen molar-refractivity contribution in [2.75, 3.05) is 19.0 Å². The Hall–Kier alpha value is -3.26. The third-order valence-electron chi connectivity index (χ3n) is 5.41. The largest absolute Gasteiger partial charge is 0.457 e. The number of hydrogen-bond donors (Lipinski definition) is 0. The Morgan fingerprint density at radius 3 is 2.26 bits per heavy atom. The minimum atomic E-state index is 0.160. The number of fused-ring (bicyclic) bond motifs is 4. The van der Waals surface area contributed by atoms with E-state index in [-0.39, 0.29) is 5.92 Å². The topological polar surface area (TPSA) is 12.5 Å². The van der Waals surface area contributed by atoms with E-state index in [0.717, 1.165) is 11.5 Å². The second-order valence-electron chi connectivity index (χ2n) is 7.26. The summed E-state index contributed by atoms with van der Waals surface area (Å²) < 4.78 is 6.29. The molecule has 1 aliphatic heterocycles. The van der Waals surface area contributed by atoms with Gasteiger partial charge in [0.15, 0.2) is 0 Å². The average Bonchev–Trinajstić information content (AvgIpc) is 2.72. The average molecular weight is 351 g/mol. The van der Waals surface area contributed by atoms with Crippen LogP contribution < -0.4 is 9.64 Å². The summed E-state index contributed by atoms with van der Waals surface area (Å²) in [5, 5.41) is 2.50. The smallest absolute Gasteiger partial charge is 0.132 e. The molecule has 0 radical (unpaired) electrons. The summed E-state index contributed by atoms with van der Waals surface area (Å²) in [5.41, 5.74) is 4.97. The number of para-hydroxylation sites is 1. The van der Waals surface area contributed by atoms with Crippen LogP contribution in [-0.4, -0.2) is 14.1 Å². The summed E-state index contributed by atoms with van der Waals surface area (Å²) in [6.07, 6.45) is 0. The molecular weight excluding hydrogens is 330 g/mol. The highest BCUT2D eigenvalue weighted by molar-refractivity contribution is 5.90. The minimum Gasteiger partial charge on any atom is -0.457 e. The van der Waals surface area contributed by atoms with Crippen molar-refractivity contribution in [2.24, 2.45) is 0 Å². The van der Waals surface area contributed by atoms with Gasteiger partial charge < -0.3 is 9.64 Å². The van der Waals surface area contributed by atoms with Gasteiger partial charge >= 0.3 is 0 Å². The summed E-state index contributed by atoms with van der Waals surface area (Å²) in [6.45, 7) is 0. The molecule has 2 heteroatoms. The van der Waals surface area contributed by atoms with E-state index in [0.29, 0.717) is 0 Å². The highest BCUT2D eigenvalue weighted by atomic mass is 16.5. The molecule has 5 rings (SSSR count). The number of ether oxygens (including phenoxy) is 1. The lowest BCUT2D eigenvalue weighted by atomic mass is 9.80. The normalized spacial score (nSPS) is 15.0. The van der Waals surface area contributed by atoms with Gasteiger partial charge in [-0.15, -0.1) is 0 Å². The van der Waals surface area contributed by atoms with Gasteiger partial charge in [0.25, 0.3) is 0 Å². The Bertz CT molecular complexity index is 1130. The summed E-state index contributed by atoms with van der Waals surface area (Å²) in [4.78, 5) is 2.13. The van der Waals surface area contributed by atoms with Crippen molar-refractivity contribution in [1.29, 1.82) is 0 Å². The first-order valence-electron chi connectivity index (χ1n) is 9.28. The molecule has 1 atom stereocenters. The first kappa shape index (κ1) is 16.0. The summed E-state index contributed by atoms with van der Waals surface area (Å²) in [5.74, 6) is 2.06. The van der Waals surface area contributed by atoms with E-state index >= 15 is 0 Å². The quantitative estimate of drug-likeness (QED) is 0.376. The number of hydrogen-bond acceptors (Lipinski definition) is 2. The van der Waals surface area contributed by atoms with Gasteiger partial charge in [-0.25, -0.2) is 0 Å². The zero-order valence-electron chi connectivity index (χ0n) is 15.5. The maximum atomic E-state index is 6.29. The van der Waals surface area contributed by atoms with E-state index in [1.165, 1.54) is 33.2 Å². The predicted molar refractivity (Wildman–Crippen MR) is 112 cm³/mol. The molecular formula is C25H21NO. The molecule has 0 bridgehead atoms. The molecule has 1 unspecified atom stereocenters. The van der Waals surface area contributed by atoms with Gasteiger partial charge in [-0.1, -0.05) is 60.7 Å². The highest BCUT2D eigenvalue weighted by Crippen LogP contribution is 2.49. The van der Waals surface area contributed by atoms with Gasteiger partial charge in [0, 0.05) is 36.8 Å². The first-order chi connectivity index (χ1) is 13.2. The van der Waals surface area contributed by atoms with Crippen LogP contribution in [0.15, 0.2) is 84.9 Å². The van der Waals surface area contributed by atoms with Crippen LogP contribution >= 0.6 is 0 Å². The van der Waals surface area contributed by atoms with Gasteiger partial charge in [-0.2, -0.15) is 0 Å². The standard InChI is InChI=1S/C25H21NO/c1-26(2)19-14-11-18(12-15-19)24-21-9-5-6-10-22(21)27-23-16-13-17-7-3-4-8-20(17)25(23)24/h3-16,24H,1-2H3. The number of anilines is 1. The maximum Gasteiger partial charge on any atom is 0.132 e. The Labute approximate surface area is 159 Å². The molecule has 2 nitrogen and oxygen atoms in total. The molecule has 132 valence electrons. The molecule has 27 heavy (non-hydrogen) atoms. The Morgan fingerprint density at radius 1 is 0.704 bits per heavy atom. The number of rotatable bonds is 2. The molecule has 0 aromatic heterocycles. The number of benzene rings is 4. The molecule has 0 spiro atoms. The second-order valence-corrected chi connectivity index (χ2v) is 7.26. The van der Waals surface area contributed by atoms with Crippen molar-refractivity contribution in [1.82, 2.24) is 0 Å². The fourth-order valence-electron chi connectivity index (χ4n) is 4.06. The van der Waals surface area contributed by atoms with E-state index in [1.54, 1.807) is 0 Å². The van der Waals surface area contributed by atoms with Gasteiger partial charge in [0.05, 0.1) is 0 Å². The zero-order chi connectivity index (χ0) is 18.4. The van der Waals surface area contributed by atoms with E-state index < -0.39 is 0 Å². The maximum absolute atomic E-state index is 6.29. The van der Waals surface area contributed by atoms with Gasteiger partial charge in [-0.3, -0.25) is 0 Å². The van der Waals surface area contributed by atoms with Crippen LogP contribution in [0.1, 0.15) is 22.6 Å². The highest BCUT2D eigenvalue weighted by Gasteiger charge is 2.30. The van der Waals surface area contributed by atoms with E-state index in [9.17, 15) is 0 Å². The zero-order valence-corrected chi connectivity index (χ0v) is 15.5. The van der Waals surface area contributed by atoms with Crippen LogP contribution in [0.5, 0.6) is 11.5 Å². The van der Waals surface area contributed by atoms with E-state index in [4.69, 9.17) is 4.74 Å². The lowest BCUT2D eigenvalue weighted by Crippen LogP contribution is -2.13. The molecule has 1 heterocycles. The van der Waals surface area contributed by atoms with Crippen LogP contribution in [0.4, 0.5) is 5.69 Å². The molecule has 0 amide bonds. The predicted octanol–water partition coefficient (Wildman–Crippen LogP) is 6.19. The monoisotopic (exact) mass is 351 g/mol. The van der Waals surface area contributed by atoms with Gasteiger partial charge in [-0.05, 0) is 40.6 Å².